The molecule has 0 atom stereocenters. The average molecular weight is 435 g/mol. The van der Waals surface area contributed by atoms with Gasteiger partial charge in [-0.05, 0) is 68.7 Å². The van der Waals surface area contributed by atoms with Gasteiger partial charge < -0.3 is 19.0 Å². The van der Waals surface area contributed by atoms with Gasteiger partial charge in [-0.1, -0.05) is 6.92 Å². The number of aromatic nitrogens is 2. The summed E-state index contributed by atoms with van der Waals surface area (Å²) in [6, 6.07) is 12.9. The quantitative estimate of drug-likeness (QED) is 0.448. The van der Waals surface area contributed by atoms with Crippen LogP contribution >= 0.6 is 0 Å². The van der Waals surface area contributed by atoms with Crippen LogP contribution in [0.2, 0.25) is 0 Å². The molecular formula is C24H25N3O5. The van der Waals surface area contributed by atoms with Crippen LogP contribution in [0.4, 0.5) is 0 Å². The summed E-state index contributed by atoms with van der Waals surface area (Å²) in [4.78, 5) is 10.6. The van der Waals surface area contributed by atoms with Crippen LogP contribution in [0.5, 0.6) is 11.5 Å². The number of aliphatic carboxylic acids is 1. The lowest BCUT2D eigenvalue weighted by molar-refractivity contribution is -0.137. The number of hydrogen-bond donors (Lipinski definition) is 1. The Hall–Kier alpha value is -3.86. The molecule has 8 nitrogen and oxygen atoms in total. The average Bonchev–Trinajstić information content (AvgIpc) is 3.26. The van der Waals surface area contributed by atoms with E-state index in [1.807, 2.05) is 32.9 Å². The summed E-state index contributed by atoms with van der Waals surface area (Å²) in [5.41, 5.74) is 2.79. The van der Waals surface area contributed by atoms with Crippen LogP contribution in [0.25, 0.3) is 22.9 Å². The zero-order chi connectivity index (χ0) is 23.1. The summed E-state index contributed by atoms with van der Waals surface area (Å²) >= 11 is 0. The second-order valence-electron chi connectivity index (χ2n) is 7.42. The molecule has 0 bridgehead atoms. The SMILES string of the molecule is CCc1cc(OCCCC(=O)O)ccc1-c1nnc(-c2ccc(OC(C)C)c(C#N)c2)o1. The molecule has 0 aliphatic heterocycles. The molecule has 8 heteroatoms. The van der Waals surface area contributed by atoms with E-state index >= 15 is 0 Å². The molecule has 0 amide bonds. The zero-order valence-electron chi connectivity index (χ0n) is 18.3. The molecule has 3 aromatic rings. The van der Waals surface area contributed by atoms with Crippen molar-refractivity contribution in [2.45, 2.75) is 46.1 Å². The Labute approximate surface area is 186 Å². The minimum atomic E-state index is -0.839. The van der Waals surface area contributed by atoms with Crippen molar-refractivity contribution in [2.24, 2.45) is 0 Å². The topological polar surface area (TPSA) is 118 Å². The van der Waals surface area contributed by atoms with Crippen molar-refractivity contribution < 1.29 is 23.8 Å². The van der Waals surface area contributed by atoms with E-state index < -0.39 is 5.97 Å². The number of aryl methyl sites for hydroxylation is 1. The standard InChI is InChI=1S/C24H25N3O5/c1-4-16-13-19(30-11-5-6-22(28)29)8-9-20(16)24-27-26-23(32-24)17-7-10-21(31-15(2)3)18(12-17)14-25/h7-10,12-13,15H,4-6,11H2,1-3H3,(H,28,29). The van der Waals surface area contributed by atoms with E-state index in [1.165, 1.54) is 0 Å². The third kappa shape index (κ3) is 5.64. The van der Waals surface area contributed by atoms with Crippen LogP contribution in [0, 0.1) is 11.3 Å². The number of carboxylic acids is 1. The highest BCUT2D eigenvalue weighted by molar-refractivity contribution is 5.66. The number of carbonyl (C=O) groups is 1. The molecule has 0 aliphatic carbocycles. The van der Waals surface area contributed by atoms with Crippen molar-refractivity contribution in [3.63, 3.8) is 0 Å². The van der Waals surface area contributed by atoms with Gasteiger partial charge in [-0.15, -0.1) is 10.2 Å². The molecule has 0 spiro atoms. The van der Waals surface area contributed by atoms with E-state index in [0.717, 1.165) is 17.5 Å². The maximum atomic E-state index is 10.6. The maximum absolute atomic E-state index is 10.6. The molecule has 0 saturated carbocycles. The predicted molar refractivity (Wildman–Crippen MR) is 117 cm³/mol. The minimum Gasteiger partial charge on any atom is -0.494 e. The molecule has 0 saturated heterocycles. The van der Waals surface area contributed by atoms with Crippen LogP contribution in [0.1, 0.15) is 44.7 Å². The predicted octanol–water partition coefficient (Wildman–Crippen LogP) is 4.87. The molecule has 1 heterocycles. The normalized spacial score (nSPS) is 10.7. The molecule has 0 radical (unpaired) electrons. The number of nitrogens with zero attached hydrogens (tertiary/aromatic N) is 3. The first-order chi connectivity index (χ1) is 15.4. The van der Waals surface area contributed by atoms with Gasteiger partial charge in [-0.3, -0.25) is 4.79 Å². The molecule has 1 N–H and O–H groups in total. The van der Waals surface area contributed by atoms with Crippen molar-refractivity contribution in [2.75, 3.05) is 6.61 Å². The molecule has 1 aromatic heterocycles. The molecule has 3 rings (SSSR count). The van der Waals surface area contributed by atoms with Gasteiger partial charge in [0.25, 0.3) is 0 Å². The fourth-order valence-corrected chi connectivity index (χ4v) is 3.13. The van der Waals surface area contributed by atoms with Gasteiger partial charge >= 0.3 is 5.97 Å². The lowest BCUT2D eigenvalue weighted by Gasteiger charge is -2.11. The first-order valence-electron chi connectivity index (χ1n) is 10.4. The van der Waals surface area contributed by atoms with Gasteiger partial charge in [-0.25, -0.2) is 0 Å². The molecule has 0 fully saturated rings. The maximum Gasteiger partial charge on any atom is 0.303 e. The highest BCUT2D eigenvalue weighted by Crippen LogP contribution is 2.31. The van der Waals surface area contributed by atoms with Crippen LogP contribution in [0.15, 0.2) is 40.8 Å². The van der Waals surface area contributed by atoms with Gasteiger partial charge in [0, 0.05) is 17.5 Å². The van der Waals surface area contributed by atoms with Gasteiger partial charge in [0.15, 0.2) is 0 Å². The Morgan fingerprint density at radius 2 is 1.97 bits per heavy atom. The summed E-state index contributed by atoms with van der Waals surface area (Å²) < 4.78 is 17.2. The fraction of sp³-hybridized carbons (Fsp3) is 0.333. The summed E-state index contributed by atoms with van der Waals surface area (Å²) in [7, 11) is 0. The number of nitriles is 1. The summed E-state index contributed by atoms with van der Waals surface area (Å²) in [5.74, 6) is 1.02. The number of carboxylic acid groups (broad SMARTS) is 1. The van der Waals surface area contributed by atoms with Crippen molar-refractivity contribution in [1.29, 1.82) is 5.26 Å². The van der Waals surface area contributed by atoms with Gasteiger partial charge in [0.05, 0.1) is 18.3 Å². The van der Waals surface area contributed by atoms with Crippen LogP contribution < -0.4 is 9.47 Å². The lowest BCUT2D eigenvalue weighted by Crippen LogP contribution is -2.06. The van der Waals surface area contributed by atoms with E-state index in [0.29, 0.717) is 47.4 Å². The molecule has 32 heavy (non-hydrogen) atoms. The monoisotopic (exact) mass is 435 g/mol. The highest BCUT2D eigenvalue weighted by Gasteiger charge is 2.16. The van der Waals surface area contributed by atoms with Crippen LogP contribution in [0.3, 0.4) is 0 Å². The van der Waals surface area contributed by atoms with E-state index in [9.17, 15) is 10.1 Å². The Bertz CT molecular complexity index is 1130. The molecule has 2 aromatic carbocycles. The smallest absolute Gasteiger partial charge is 0.303 e. The number of hydrogen-bond acceptors (Lipinski definition) is 7. The molecular weight excluding hydrogens is 410 g/mol. The second kappa shape index (κ2) is 10.4. The van der Waals surface area contributed by atoms with Gasteiger partial charge in [-0.2, -0.15) is 5.26 Å². The van der Waals surface area contributed by atoms with E-state index in [2.05, 4.69) is 16.3 Å². The Balaban J connectivity index is 1.80. The Morgan fingerprint density at radius 3 is 2.66 bits per heavy atom. The highest BCUT2D eigenvalue weighted by atomic mass is 16.5. The fourth-order valence-electron chi connectivity index (χ4n) is 3.13. The number of ether oxygens (including phenoxy) is 2. The number of rotatable bonds is 10. The second-order valence-corrected chi connectivity index (χ2v) is 7.42. The third-order valence-electron chi connectivity index (χ3n) is 4.63. The molecule has 0 unspecified atom stereocenters. The number of benzene rings is 2. The summed E-state index contributed by atoms with van der Waals surface area (Å²) in [5, 5.41) is 26.5. The summed E-state index contributed by atoms with van der Waals surface area (Å²) in [6.07, 6.45) is 1.19. The lowest BCUT2D eigenvalue weighted by atomic mass is 10.0. The van der Waals surface area contributed by atoms with E-state index in [4.69, 9.17) is 19.0 Å². The van der Waals surface area contributed by atoms with E-state index in [-0.39, 0.29) is 12.5 Å². The van der Waals surface area contributed by atoms with Crippen molar-refractivity contribution >= 4 is 5.97 Å². The first kappa shape index (κ1) is 22.8. The van der Waals surface area contributed by atoms with Crippen molar-refractivity contribution in [3.8, 4) is 40.5 Å². The van der Waals surface area contributed by atoms with Gasteiger partial charge in [0.1, 0.15) is 17.6 Å². The van der Waals surface area contributed by atoms with Gasteiger partial charge in [0.2, 0.25) is 11.8 Å². The molecule has 166 valence electrons. The first-order valence-corrected chi connectivity index (χ1v) is 10.4. The third-order valence-corrected chi connectivity index (χ3v) is 4.63. The Morgan fingerprint density at radius 1 is 1.19 bits per heavy atom. The zero-order valence-corrected chi connectivity index (χ0v) is 18.3. The Kier molecular flexibility index (Phi) is 7.45. The van der Waals surface area contributed by atoms with E-state index in [1.54, 1.807) is 24.3 Å². The molecule has 0 aliphatic rings. The minimum absolute atomic E-state index is 0.0421. The van der Waals surface area contributed by atoms with Crippen LogP contribution in [-0.2, 0) is 11.2 Å². The van der Waals surface area contributed by atoms with Crippen LogP contribution in [-0.4, -0.2) is 34.0 Å². The largest absolute Gasteiger partial charge is 0.494 e. The van der Waals surface area contributed by atoms with Crippen molar-refractivity contribution in [3.05, 3.63) is 47.5 Å². The summed E-state index contributed by atoms with van der Waals surface area (Å²) in [6.45, 7) is 6.14. The van der Waals surface area contributed by atoms with Crippen molar-refractivity contribution in [1.82, 2.24) is 10.2 Å².